The largest absolute Gasteiger partial charge is 0.480 e. The predicted molar refractivity (Wildman–Crippen MR) is 73.5 cm³/mol. The normalized spacial score (nSPS) is 11.4. The molecule has 0 aliphatic carbocycles. The average Bonchev–Trinajstić information content (AvgIpc) is 2.38. The lowest BCUT2D eigenvalue weighted by atomic mass is 9.90. The Hall–Kier alpha value is -0.840. The average molecular weight is 302 g/mol. The van der Waals surface area contributed by atoms with Gasteiger partial charge in [0.2, 0.25) is 11.8 Å². The molecule has 1 rings (SSSR count). The van der Waals surface area contributed by atoms with E-state index in [1.165, 1.54) is 0 Å². The summed E-state index contributed by atoms with van der Waals surface area (Å²) >= 11 is 3.34. The van der Waals surface area contributed by atoms with Crippen molar-refractivity contribution in [3.63, 3.8) is 0 Å². The third kappa shape index (κ3) is 3.31. The van der Waals surface area contributed by atoms with Gasteiger partial charge in [-0.1, -0.05) is 20.8 Å². The number of nitrogens with zero attached hydrogens (tertiary/aromatic N) is 2. The summed E-state index contributed by atoms with van der Waals surface area (Å²) in [7, 11) is 1.60. The van der Waals surface area contributed by atoms with E-state index in [4.69, 9.17) is 4.74 Å². The molecule has 0 atom stereocenters. The van der Waals surface area contributed by atoms with Crippen molar-refractivity contribution in [1.29, 1.82) is 0 Å². The Kier molecular flexibility index (Phi) is 5.18. The van der Waals surface area contributed by atoms with Crippen molar-refractivity contribution in [3.8, 4) is 5.88 Å². The predicted octanol–water partition coefficient (Wildman–Crippen LogP) is 3.63. The highest BCUT2D eigenvalue weighted by atomic mass is 79.9. The maximum absolute atomic E-state index is 5.16. The van der Waals surface area contributed by atoms with Crippen molar-refractivity contribution in [3.05, 3.63) is 10.7 Å². The first-order chi connectivity index (χ1) is 8.10. The van der Waals surface area contributed by atoms with Gasteiger partial charge >= 0.3 is 0 Å². The fraction of sp³-hybridized carbons (Fsp3) is 0.667. The molecule has 0 bridgehead atoms. The molecule has 0 saturated carbocycles. The van der Waals surface area contributed by atoms with Crippen LogP contribution in [0.5, 0.6) is 5.88 Å². The van der Waals surface area contributed by atoms with E-state index in [2.05, 4.69) is 52.0 Å². The number of hydrogen-bond acceptors (Lipinski definition) is 4. The SMILES string of the molecule is CCC(CC)(CC)Nc1ncc(Br)c(OC)n1. The van der Waals surface area contributed by atoms with Crippen LogP contribution in [0.15, 0.2) is 10.7 Å². The smallest absolute Gasteiger partial charge is 0.232 e. The zero-order chi connectivity index (χ0) is 12.9. The van der Waals surface area contributed by atoms with E-state index >= 15 is 0 Å². The molecule has 0 spiro atoms. The minimum atomic E-state index is 0.0683. The van der Waals surface area contributed by atoms with Gasteiger partial charge in [0.15, 0.2) is 0 Å². The van der Waals surface area contributed by atoms with Crippen LogP contribution in [0.3, 0.4) is 0 Å². The molecule has 0 aliphatic heterocycles. The highest BCUT2D eigenvalue weighted by Gasteiger charge is 2.24. The molecular weight excluding hydrogens is 282 g/mol. The Morgan fingerprint density at radius 2 is 1.88 bits per heavy atom. The molecule has 0 amide bonds. The third-order valence-electron chi connectivity index (χ3n) is 3.31. The summed E-state index contributed by atoms with van der Waals surface area (Å²) in [5.41, 5.74) is 0.0683. The second-order valence-electron chi connectivity index (χ2n) is 4.02. The number of aromatic nitrogens is 2. The lowest BCUT2D eigenvalue weighted by molar-refractivity contribution is 0.390. The van der Waals surface area contributed by atoms with Gasteiger partial charge in [-0.3, -0.25) is 0 Å². The van der Waals surface area contributed by atoms with Crippen molar-refractivity contribution >= 4 is 21.9 Å². The van der Waals surface area contributed by atoms with Gasteiger partial charge in [0, 0.05) is 5.54 Å². The van der Waals surface area contributed by atoms with Gasteiger partial charge in [-0.05, 0) is 35.2 Å². The number of methoxy groups -OCH3 is 1. The minimum absolute atomic E-state index is 0.0683. The Labute approximate surface area is 111 Å². The molecule has 96 valence electrons. The van der Waals surface area contributed by atoms with Crippen molar-refractivity contribution in [1.82, 2.24) is 9.97 Å². The van der Waals surface area contributed by atoms with Crippen LogP contribution in [0.25, 0.3) is 0 Å². The molecule has 0 aliphatic rings. The van der Waals surface area contributed by atoms with E-state index in [0.29, 0.717) is 11.8 Å². The van der Waals surface area contributed by atoms with Crippen LogP contribution in [0.1, 0.15) is 40.0 Å². The summed E-state index contributed by atoms with van der Waals surface area (Å²) < 4.78 is 5.93. The van der Waals surface area contributed by atoms with Gasteiger partial charge in [-0.2, -0.15) is 4.98 Å². The molecule has 4 nitrogen and oxygen atoms in total. The summed E-state index contributed by atoms with van der Waals surface area (Å²) in [6, 6.07) is 0. The van der Waals surface area contributed by atoms with E-state index in [1.807, 2.05) is 0 Å². The van der Waals surface area contributed by atoms with E-state index < -0.39 is 0 Å². The van der Waals surface area contributed by atoms with E-state index in [1.54, 1.807) is 13.3 Å². The number of nitrogens with one attached hydrogen (secondary N) is 1. The summed E-state index contributed by atoms with van der Waals surface area (Å²) in [5.74, 6) is 1.18. The van der Waals surface area contributed by atoms with Crippen LogP contribution in [0.2, 0.25) is 0 Å². The molecule has 0 fully saturated rings. The van der Waals surface area contributed by atoms with Crippen molar-refractivity contribution in [2.45, 2.75) is 45.6 Å². The Bertz CT molecular complexity index is 359. The first-order valence-electron chi connectivity index (χ1n) is 5.95. The zero-order valence-corrected chi connectivity index (χ0v) is 12.5. The Balaban J connectivity index is 2.94. The molecule has 0 saturated heterocycles. The molecule has 0 aromatic carbocycles. The number of anilines is 1. The summed E-state index contributed by atoms with van der Waals surface area (Å²) in [5, 5.41) is 3.42. The quantitative estimate of drug-likeness (QED) is 0.871. The van der Waals surface area contributed by atoms with E-state index in [-0.39, 0.29) is 5.54 Å². The van der Waals surface area contributed by atoms with Crippen LogP contribution in [-0.4, -0.2) is 22.6 Å². The molecular formula is C12H20BrN3O. The standard InChI is InChI=1S/C12H20BrN3O/c1-5-12(6-2,7-3)16-11-14-8-9(13)10(15-11)17-4/h8H,5-7H2,1-4H3,(H,14,15,16). The number of hydrogen-bond donors (Lipinski definition) is 1. The van der Waals surface area contributed by atoms with Gasteiger partial charge in [-0.25, -0.2) is 4.98 Å². The van der Waals surface area contributed by atoms with Crippen molar-refractivity contribution in [2.75, 3.05) is 12.4 Å². The molecule has 5 heteroatoms. The molecule has 1 heterocycles. The lowest BCUT2D eigenvalue weighted by Gasteiger charge is -2.31. The van der Waals surface area contributed by atoms with Crippen molar-refractivity contribution < 1.29 is 4.74 Å². The van der Waals surface area contributed by atoms with Crippen molar-refractivity contribution in [2.24, 2.45) is 0 Å². The number of ether oxygens (including phenoxy) is 1. The summed E-state index contributed by atoms with van der Waals surface area (Å²) in [6.07, 6.45) is 4.84. The van der Waals surface area contributed by atoms with E-state index in [9.17, 15) is 0 Å². The third-order valence-corrected chi connectivity index (χ3v) is 3.86. The van der Waals surface area contributed by atoms with E-state index in [0.717, 1.165) is 23.7 Å². The van der Waals surface area contributed by atoms with Gasteiger partial charge in [0.05, 0.1) is 17.8 Å². The lowest BCUT2D eigenvalue weighted by Crippen LogP contribution is -2.36. The fourth-order valence-corrected chi connectivity index (χ4v) is 2.16. The highest BCUT2D eigenvalue weighted by molar-refractivity contribution is 9.10. The highest BCUT2D eigenvalue weighted by Crippen LogP contribution is 2.27. The van der Waals surface area contributed by atoms with Crippen LogP contribution < -0.4 is 10.1 Å². The van der Waals surface area contributed by atoms with Crippen LogP contribution in [0, 0.1) is 0 Å². The molecule has 17 heavy (non-hydrogen) atoms. The number of rotatable bonds is 6. The Morgan fingerprint density at radius 1 is 1.29 bits per heavy atom. The minimum Gasteiger partial charge on any atom is -0.480 e. The summed E-state index contributed by atoms with van der Waals surface area (Å²) in [4.78, 5) is 8.59. The first kappa shape index (κ1) is 14.2. The maximum atomic E-state index is 5.16. The number of halogens is 1. The van der Waals surface area contributed by atoms with Gasteiger partial charge < -0.3 is 10.1 Å². The molecule has 1 aromatic heterocycles. The van der Waals surface area contributed by atoms with Crippen LogP contribution >= 0.6 is 15.9 Å². The molecule has 1 N–H and O–H groups in total. The second-order valence-corrected chi connectivity index (χ2v) is 4.87. The van der Waals surface area contributed by atoms with Gasteiger partial charge in [-0.15, -0.1) is 0 Å². The summed E-state index contributed by atoms with van der Waals surface area (Å²) in [6.45, 7) is 6.53. The monoisotopic (exact) mass is 301 g/mol. The van der Waals surface area contributed by atoms with Crippen LogP contribution in [0.4, 0.5) is 5.95 Å². The molecule has 1 aromatic rings. The topological polar surface area (TPSA) is 47.0 Å². The Morgan fingerprint density at radius 3 is 2.35 bits per heavy atom. The fourth-order valence-electron chi connectivity index (χ4n) is 1.81. The van der Waals surface area contributed by atoms with Gasteiger partial charge in [0.1, 0.15) is 0 Å². The molecule has 0 radical (unpaired) electrons. The van der Waals surface area contributed by atoms with Gasteiger partial charge in [0.25, 0.3) is 0 Å². The first-order valence-corrected chi connectivity index (χ1v) is 6.74. The second kappa shape index (κ2) is 6.19. The zero-order valence-electron chi connectivity index (χ0n) is 10.9. The maximum Gasteiger partial charge on any atom is 0.232 e. The molecule has 0 unspecified atom stereocenters. The van der Waals surface area contributed by atoms with Crippen LogP contribution in [-0.2, 0) is 0 Å².